The molecule has 9 heteroatoms. The van der Waals surface area contributed by atoms with Crippen molar-refractivity contribution < 1.29 is 23.1 Å². The van der Waals surface area contributed by atoms with E-state index in [4.69, 9.17) is 17.0 Å². The lowest BCUT2D eigenvalue weighted by atomic mass is 10.1. The summed E-state index contributed by atoms with van der Waals surface area (Å²) in [6.45, 7) is 0.279. The number of hydrogen-bond donors (Lipinski definition) is 1. The molecule has 0 spiro atoms. The van der Waals surface area contributed by atoms with Gasteiger partial charge < -0.3 is 15.0 Å². The topological polar surface area (TPSA) is 61.9 Å². The highest BCUT2D eigenvalue weighted by atomic mass is 32.1. The van der Waals surface area contributed by atoms with Gasteiger partial charge in [-0.1, -0.05) is 12.1 Å². The number of ether oxygens (including phenoxy) is 1. The van der Waals surface area contributed by atoms with Crippen LogP contribution in [-0.4, -0.2) is 35.0 Å². The fourth-order valence-electron chi connectivity index (χ4n) is 3.69. The van der Waals surface area contributed by atoms with Crippen molar-refractivity contribution in [2.24, 2.45) is 0 Å². The second kappa shape index (κ2) is 9.96. The van der Waals surface area contributed by atoms with E-state index in [1.807, 2.05) is 12.1 Å². The molecule has 174 valence electrons. The number of halogens is 2. The first-order chi connectivity index (χ1) is 16.4. The molecule has 1 heterocycles. The monoisotopic (exact) mass is 481 g/mol. The van der Waals surface area contributed by atoms with Gasteiger partial charge in [0.15, 0.2) is 5.11 Å². The maximum Gasteiger partial charge on any atom is 0.256 e. The van der Waals surface area contributed by atoms with Crippen molar-refractivity contribution in [1.29, 1.82) is 0 Å². The highest BCUT2D eigenvalue weighted by molar-refractivity contribution is 7.80. The van der Waals surface area contributed by atoms with Gasteiger partial charge in [0.2, 0.25) is 5.91 Å². The van der Waals surface area contributed by atoms with Gasteiger partial charge >= 0.3 is 0 Å². The molecule has 1 N–H and O–H groups in total. The SMILES string of the molecule is COc1ccc(CN2C(=S)N(c3ccc(F)cc3)C(=O)[C@@H]2CC(=O)Nc2ccc(F)cc2)cc1. The lowest BCUT2D eigenvalue weighted by Gasteiger charge is -2.24. The van der Waals surface area contributed by atoms with Crippen LogP contribution in [0, 0.1) is 11.6 Å². The molecule has 0 unspecified atom stereocenters. The molecular formula is C25H21F2N3O3S. The van der Waals surface area contributed by atoms with Gasteiger partial charge in [0, 0.05) is 12.2 Å². The van der Waals surface area contributed by atoms with Gasteiger partial charge in [-0.05, 0) is 78.4 Å². The zero-order chi connectivity index (χ0) is 24.2. The number of nitrogens with zero attached hydrogens (tertiary/aromatic N) is 2. The van der Waals surface area contributed by atoms with Gasteiger partial charge in [-0.25, -0.2) is 8.78 Å². The number of methoxy groups -OCH3 is 1. The van der Waals surface area contributed by atoms with E-state index < -0.39 is 23.6 Å². The molecule has 0 radical (unpaired) electrons. The molecule has 3 aromatic rings. The summed E-state index contributed by atoms with van der Waals surface area (Å²) in [5.74, 6) is -0.985. The molecule has 1 saturated heterocycles. The fraction of sp³-hybridized carbons (Fsp3) is 0.160. The molecule has 4 rings (SSSR count). The lowest BCUT2D eigenvalue weighted by molar-refractivity contribution is -0.124. The normalized spacial score (nSPS) is 15.6. The molecule has 34 heavy (non-hydrogen) atoms. The second-order valence-corrected chi connectivity index (χ2v) is 8.05. The van der Waals surface area contributed by atoms with Crippen molar-refractivity contribution in [2.45, 2.75) is 19.0 Å². The molecule has 1 aliphatic rings. The predicted molar refractivity (Wildman–Crippen MR) is 128 cm³/mol. The highest BCUT2D eigenvalue weighted by Crippen LogP contribution is 2.29. The Morgan fingerprint density at radius 2 is 1.56 bits per heavy atom. The molecule has 6 nitrogen and oxygen atoms in total. The van der Waals surface area contributed by atoms with Crippen LogP contribution in [0.4, 0.5) is 20.2 Å². The van der Waals surface area contributed by atoms with E-state index in [1.54, 1.807) is 24.1 Å². The Balaban J connectivity index is 1.59. The van der Waals surface area contributed by atoms with Crippen LogP contribution in [-0.2, 0) is 16.1 Å². The summed E-state index contributed by atoms with van der Waals surface area (Å²) in [6.07, 6.45) is -0.176. The third kappa shape index (κ3) is 5.04. The maximum atomic E-state index is 13.4. The highest BCUT2D eigenvalue weighted by Gasteiger charge is 2.44. The maximum absolute atomic E-state index is 13.4. The van der Waals surface area contributed by atoms with Gasteiger partial charge in [-0.2, -0.15) is 0 Å². The molecule has 0 bridgehead atoms. The first-order valence-electron chi connectivity index (χ1n) is 10.4. The summed E-state index contributed by atoms with van der Waals surface area (Å²) in [4.78, 5) is 29.1. The molecule has 1 aliphatic heterocycles. The van der Waals surface area contributed by atoms with Gasteiger partial charge in [0.25, 0.3) is 5.91 Å². The number of rotatable bonds is 7. The minimum Gasteiger partial charge on any atom is -0.497 e. The van der Waals surface area contributed by atoms with Crippen molar-refractivity contribution in [1.82, 2.24) is 4.90 Å². The van der Waals surface area contributed by atoms with Gasteiger partial charge in [0.05, 0.1) is 19.2 Å². The molecule has 1 fully saturated rings. The summed E-state index contributed by atoms with van der Waals surface area (Å²) in [6, 6.07) is 17.2. The van der Waals surface area contributed by atoms with E-state index in [0.29, 0.717) is 17.1 Å². The summed E-state index contributed by atoms with van der Waals surface area (Å²) in [5, 5.41) is 2.90. The lowest BCUT2D eigenvalue weighted by Crippen LogP contribution is -2.37. The van der Waals surface area contributed by atoms with Crippen molar-refractivity contribution >= 4 is 40.5 Å². The van der Waals surface area contributed by atoms with Crippen LogP contribution in [0.15, 0.2) is 72.8 Å². The first kappa shape index (κ1) is 23.3. The van der Waals surface area contributed by atoms with Crippen LogP contribution >= 0.6 is 12.2 Å². The van der Waals surface area contributed by atoms with Crippen molar-refractivity contribution in [3.8, 4) is 5.75 Å². The van der Waals surface area contributed by atoms with E-state index in [9.17, 15) is 18.4 Å². The fourth-order valence-corrected chi connectivity index (χ4v) is 4.08. The number of benzene rings is 3. The third-order valence-corrected chi connectivity index (χ3v) is 5.84. The molecule has 2 amide bonds. The third-order valence-electron chi connectivity index (χ3n) is 5.42. The average Bonchev–Trinajstić information content (AvgIpc) is 3.05. The Labute approximate surface area is 200 Å². The smallest absolute Gasteiger partial charge is 0.256 e. The second-order valence-electron chi connectivity index (χ2n) is 7.68. The van der Waals surface area contributed by atoms with Crippen LogP contribution in [0.25, 0.3) is 0 Å². The number of hydrogen-bond acceptors (Lipinski definition) is 4. The number of amides is 2. The predicted octanol–water partition coefficient (Wildman–Crippen LogP) is 4.50. The number of anilines is 2. The summed E-state index contributed by atoms with van der Waals surface area (Å²) >= 11 is 5.61. The zero-order valence-electron chi connectivity index (χ0n) is 18.2. The summed E-state index contributed by atoms with van der Waals surface area (Å²) < 4.78 is 31.8. The standard InChI is InChI=1S/C25H21F2N3O3S/c1-33-21-12-2-16(3-13-21)15-29-22(14-23(31)28-19-8-4-17(26)5-9-19)24(32)30(25(29)34)20-10-6-18(27)7-11-20/h2-13,22H,14-15H2,1H3,(H,28,31)/t22-/m0/s1. The Morgan fingerprint density at radius 3 is 2.15 bits per heavy atom. The van der Waals surface area contributed by atoms with E-state index >= 15 is 0 Å². The average molecular weight is 482 g/mol. The minimum absolute atomic E-state index is 0.176. The Bertz CT molecular complexity index is 1200. The van der Waals surface area contributed by atoms with Crippen LogP contribution < -0.4 is 15.0 Å². The molecule has 0 aliphatic carbocycles. The Kier molecular flexibility index (Phi) is 6.83. The van der Waals surface area contributed by atoms with Crippen LogP contribution in [0.2, 0.25) is 0 Å². The zero-order valence-corrected chi connectivity index (χ0v) is 19.0. The summed E-state index contributed by atoms with van der Waals surface area (Å²) in [5.41, 5.74) is 1.69. The number of thiocarbonyl (C=S) groups is 1. The van der Waals surface area contributed by atoms with Crippen LogP contribution in [0.1, 0.15) is 12.0 Å². The van der Waals surface area contributed by atoms with Crippen LogP contribution in [0.3, 0.4) is 0 Å². The van der Waals surface area contributed by atoms with E-state index in [1.165, 1.54) is 53.4 Å². The van der Waals surface area contributed by atoms with Crippen molar-refractivity contribution in [3.63, 3.8) is 0 Å². The Hall–Kier alpha value is -3.85. The van der Waals surface area contributed by atoms with E-state index in [0.717, 1.165) is 5.56 Å². The first-order valence-corrected chi connectivity index (χ1v) is 10.8. The number of nitrogens with one attached hydrogen (secondary N) is 1. The molecule has 3 aromatic carbocycles. The Morgan fingerprint density at radius 1 is 0.971 bits per heavy atom. The van der Waals surface area contributed by atoms with Crippen molar-refractivity contribution in [2.75, 3.05) is 17.3 Å². The summed E-state index contributed by atoms with van der Waals surface area (Å²) in [7, 11) is 1.57. The van der Waals surface area contributed by atoms with Gasteiger partial charge in [-0.15, -0.1) is 0 Å². The van der Waals surface area contributed by atoms with Gasteiger partial charge in [0.1, 0.15) is 23.4 Å². The number of carbonyl (C=O) groups excluding carboxylic acids is 2. The van der Waals surface area contributed by atoms with Crippen molar-refractivity contribution in [3.05, 3.63) is 90.0 Å². The number of carbonyl (C=O) groups is 2. The molecule has 1 atom stereocenters. The molecular weight excluding hydrogens is 460 g/mol. The van der Waals surface area contributed by atoms with E-state index in [2.05, 4.69) is 5.32 Å². The molecule has 0 saturated carbocycles. The minimum atomic E-state index is -0.875. The van der Waals surface area contributed by atoms with Crippen LogP contribution in [0.5, 0.6) is 5.75 Å². The largest absolute Gasteiger partial charge is 0.497 e. The van der Waals surface area contributed by atoms with E-state index in [-0.39, 0.29) is 24.0 Å². The quantitative estimate of drug-likeness (QED) is 0.504. The van der Waals surface area contributed by atoms with Gasteiger partial charge in [-0.3, -0.25) is 14.5 Å². The molecule has 0 aromatic heterocycles.